The molecule has 0 aromatic carbocycles. The molecule has 0 spiro atoms. The number of rotatable bonds is 3. The second kappa shape index (κ2) is 10.8. The van der Waals surface area contributed by atoms with E-state index in [-0.39, 0.29) is 48.1 Å². The van der Waals surface area contributed by atoms with E-state index in [1.54, 1.807) is 0 Å². The minimum Gasteiger partial charge on any atom is -0.342 e. The smallest absolute Gasteiger partial charge is 0.236 e. The molecule has 0 bridgehead atoms. The highest BCUT2D eigenvalue weighted by atomic mass is 35.5. The molecule has 158 valence electrons. The third-order valence-corrected chi connectivity index (χ3v) is 6.30. The molecule has 0 aromatic heterocycles. The van der Waals surface area contributed by atoms with Crippen molar-refractivity contribution in [2.24, 2.45) is 11.7 Å². The van der Waals surface area contributed by atoms with Gasteiger partial charge in [-0.15, -0.1) is 24.8 Å². The number of hydrogen-bond donors (Lipinski definition) is 1. The Morgan fingerprint density at radius 1 is 0.889 bits per heavy atom. The Labute approximate surface area is 176 Å². The zero-order valence-corrected chi connectivity index (χ0v) is 18.2. The quantitative estimate of drug-likeness (QED) is 0.753. The van der Waals surface area contributed by atoms with E-state index in [2.05, 4.69) is 4.90 Å². The standard InChI is InChI=1S/C19H34N4O2.2ClH/c1-19(20)8-4-3-7-16(19)18(25)23-13-11-21(12-14-23)15-17(24)22-9-5-2-6-10-22;;/h16H,2-15,20H2,1H3;2*1H. The lowest BCUT2D eigenvalue weighted by Crippen LogP contribution is -2.58. The number of piperidine rings is 1. The van der Waals surface area contributed by atoms with Crippen molar-refractivity contribution in [2.75, 3.05) is 45.8 Å². The summed E-state index contributed by atoms with van der Waals surface area (Å²) in [4.78, 5) is 31.5. The first-order valence-electron chi connectivity index (χ1n) is 10.1. The molecule has 2 atom stereocenters. The van der Waals surface area contributed by atoms with E-state index >= 15 is 0 Å². The van der Waals surface area contributed by atoms with Crippen LogP contribution in [-0.2, 0) is 9.59 Å². The van der Waals surface area contributed by atoms with E-state index in [1.165, 1.54) is 6.42 Å². The molecule has 1 saturated carbocycles. The molecule has 3 aliphatic rings. The van der Waals surface area contributed by atoms with Gasteiger partial charge in [0, 0.05) is 44.8 Å². The first kappa shape index (κ1) is 24.5. The molecule has 2 unspecified atom stereocenters. The van der Waals surface area contributed by atoms with Crippen molar-refractivity contribution < 1.29 is 9.59 Å². The van der Waals surface area contributed by atoms with Crippen LogP contribution in [0.25, 0.3) is 0 Å². The lowest BCUT2D eigenvalue weighted by molar-refractivity contribution is -0.141. The summed E-state index contributed by atoms with van der Waals surface area (Å²) in [7, 11) is 0. The summed E-state index contributed by atoms with van der Waals surface area (Å²) in [5, 5.41) is 0. The van der Waals surface area contributed by atoms with E-state index in [1.807, 2.05) is 16.7 Å². The van der Waals surface area contributed by atoms with Crippen LogP contribution in [0.15, 0.2) is 0 Å². The molecule has 27 heavy (non-hydrogen) atoms. The van der Waals surface area contributed by atoms with Crippen molar-refractivity contribution in [3.05, 3.63) is 0 Å². The van der Waals surface area contributed by atoms with E-state index < -0.39 is 0 Å². The van der Waals surface area contributed by atoms with Crippen LogP contribution >= 0.6 is 24.8 Å². The zero-order chi connectivity index (χ0) is 17.9. The fourth-order valence-corrected chi connectivity index (χ4v) is 4.55. The molecule has 3 fully saturated rings. The highest BCUT2D eigenvalue weighted by Gasteiger charge is 2.40. The first-order valence-corrected chi connectivity index (χ1v) is 10.1. The number of piperazine rings is 1. The molecule has 3 rings (SSSR count). The third kappa shape index (κ3) is 6.21. The first-order chi connectivity index (χ1) is 12.0. The second-order valence-electron chi connectivity index (χ2n) is 8.35. The monoisotopic (exact) mass is 422 g/mol. The highest BCUT2D eigenvalue weighted by molar-refractivity contribution is 5.85. The molecule has 0 radical (unpaired) electrons. The zero-order valence-electron chi connectivity index (χ0n) is 16.5. The van der Waals surface area contributed by atoms with Crippen LogP contribution in [0.1, 0.15) is 51.9 Å². The van der Waals surface area contributed by atoms with Gasteiger partial charge in [0.15, 0.2) is 0 Å². The van der Waals surface area contributed by atoms with Crippen LogP contribution in [0.4, 0.5) is 0 Å². The number of nitrogens with zero attached hydrogens (tertiary/aromatic N) is 3. The number of amides is 2. The van der Waals surface area contributed by atoms with Crippen molar-refractivity contribution in [3.63, 3.8) is 0 Å². The summed E-state index contributed by atoms with van der Waals surface area (Å²) in [6, 6.07) is 0. The van der Waals surface area contributed by atoms with Crippen molar-refractivity contribution in [1.82, 2.24) is 14.7 Å². The van der Waals surface area contributed by atoms with Crippen LogP contribution in [0.2, 0.25) is 0 Å². The molecule has 2 N–H and O–H groups in total. The molecule has 2 saturated heterocycles. The van der Waals surface area contributed by atoms with Gasteiger partial charge in [-0.05, 0) is 39.0 Å². The highest BCUT2D eigenvalue weighted by Crippen LogP contribution is 2.33. The number of halogens is 2. The fourth-order valence-electron chi connectivity index (χ4n) is 4.55. The Morgan fingerprint density at radius 2 is 1.52 bits per heavy atom. The second-order valence-corrected chi connectivity index (χ2v) is 8.35. The topological polar surface area (TPSA) is 69.9 Å². The third-order valence-electron chi connectivity index (χ3n) is 6.30. The van der Waals surface area contributed by atoms with Gasteiger partial charge < -0.3 is 15.5 Å². The number of nitrogens with two attached hydrogens (primary N) is 1. The maximum Gasteiger partial charge on any atom is 0.236 e. The summed E-state index contributed by atoms with van der Waals surface area (Å²) >= 11 is 0. The minimum absolute atomic E-state index is 0. The summed E-state index contributed by atoms with van der Waals surface area (Å²) in [5.74, 6) is 0.441. The lowest BCUT2D eigenvalue weighted by Gasteiger charge is -2.42. The van der Waals surface area contributed by atoms with Gasteiger partial charge in [-0.3, -0.25) is 14.5 Å². The van der Waals surface area contributed by atoms with Crippen molar-refractivity contribution in [1.29, 1.82) is 0 Å². The lowest BCUT2D eigenvalue weighted by atomic mass is 9.74. The van der Waals surface area contributed by atoms with Gasteiger partial charge >= 0.3 is 0 Å². The number of likely N-dealkylation sites (tertiary alicyclic amines) is 1. The molecule has 1 aliphatic carbocycles. The number of carbonyl (C=O) groups excluding carboxylic acids is 2. The van der Waals surface area contributed by atoms with Crippen molar-refractivity contribution in [3.8, 4) is 0 Å². The summed E-state index contributed by atoms with van der Waals surface area (Å²) < 4.78 is 0. The van der Waals surface area contributed by atoms with Gasteiger partial charge in [-0.2, -0.15) is 0 Å². The van der Waals surface area contributed by atoms with Crippen LogP contribution < -0.4 is 5.73 Å². The van der Waals surface area contributed by atoms with Gasteiger partial charge in [-0.25, -0.2) is 0 Å². The summed E-state index contributed by atoms with van der Waals surface area (Å²) in [6.45, 7) is 7.38. The van der Waals surface area contributed by atoms with Crippen LogP contribution in [0.3, 0.4) is 0 Å². The van der Waals surface area contributed by atoms with E-state index in [0.717, 1.165) is 77.8 Å². The maximum atomic E-state index is 12.9. The molecule has 8 heteroatoms. The molecule has 2 heterocycles. The van der Waals surface area contributed by atoms with Crippen molar-refractivity contribution >= 4 is 36.6 Å². The Hall–Kier alpha value is -0.560. The van der Waals surface area contributed by atoms with Crippen molar-refractivity contribution in [2.45, 2.75) is 57.4 Å². The van der Waals surface area contributed by atoms with Crippen LogP contribution in [0.5, 0.6) is 0 Å². The molecule has 2 aliphatic heterocycles. The van der Waals surface area contributed by atoms with E-state index in [9.17, 15) is 9.59 Å². The molecule has 0 aromatic rings. The Balaban J connectivity index is 0.00000182. The van der Waals surface area contributed by atoms with Gasteiger partial charge in [0.25, 0.3) is 0 Å². The Bertz CT molecular complexity index is 490. The van der Waals surface area contributed by atoms with E-state index in [0.29, 0.717) is 6.54 Å². The van der Waals surface area contributed by atoms with Gasteiger partial charge in [-0.1, -0.05) is 12.8 Å². The SMILES string of the molecule is CC1(N)CCCCC1C(=O)N1CCN(CC(=O)N2CCCCC2)CC1.Cl.Cl. The molecular formula is C19H36Cl2N4O2. The van der Waals surface area contributed by atoms with Gasteiger partial charge in [0.1, 0.15) is 0 Å². The average Bonchev–Trinajstić information content (AvgIpc) is 2.62. The maximum absolute atomic E-state index is 12.9. The fraction of sp³-hybridized carbons (Fsp3) is 0.895. The largest absolute Gasteiger partial charge is 0.342 e. The molecule has 2 amide bonds. The number of carbonyl (C=O) groups is 2. The van der Waals surface area contributed by atoms with Crippen LogP contribution in [0, 0.1) is 5.92 Å². The van der Waals surface area contributed by atoms with Gasteiger partial charge in [0.2, 0.25) is 11.8 Å². The normalized spacial score (nSPS) is 29.5. The van der Waals surface area contributed by atoms with E-state index in [4.69, 9.17) is 5.73 Å². The Kier molecular flexibility index (Phi) is 9.83. The Morgan fingerprint density at radius 3 is 2.11 bits per heavy atom. The molecular weight excluding hydrogens is 387 g/mol. The van der Waals surface area contributed by atoms with Crippen LogP contribution in [-0.4, -0.2) is 77.9 Å². The van der Waals surface area contributed by atoms with Gasteiger partial charge in [0.05, 0.1) is 12.5 Å². The summed E-state index contributed by atoms with van der Waals surface area (Å²) in [5.41, 5.74) is 6.03. The molecule has 6 nitrogen and oxygen atoms in total. The minimum atomic E-state index is -0.364. The number of hydrogen-bond acceptors (Lipinski definition) is 4. The predicted molar refractivity (Wildman–Crippen MR) is 112 cm³/mol. The summed E-state index contributed by atoms with van der Waals surface area (Å²) in [6.07, 6.45) is 7.59. The average molecular weight is 423 g/mol. The predicted octanol–water partition coefficient (Wildman–Crippen LogP) is 1.89.